The molecule has 0 spiro atoms. The number of rotatable bonds is 8. The summed E-state index contributed by atoms with van der Waals surface area (Å²) in [6.45, 7) is 2.81. The van der Waals surface area contributed by atoms with Crippen LogP contribution >= 0.6 is 11.3 Å². The van der Waals surface area contributed by atoms with E-state index in [9.17, 15) is 4.79 Å². The molecule has 2 aromatic rings. The van der Waals surface area contributed by atoms with E-state index in [1.807, 2.05) is 7.05 Å². The maximum Gasteiger partial charge on any atom is 0.227 e. The molecule has 0 saturated heterocycles. The van der Waals surface area contributed by atoms with E-state index in [1.165, 1.54) is 24.2 Å². The molecular weight excluding hydrogens is 324 g/mol. The van der Waals surface area contributed by atoms with E-state index >= 15 is 0 Å². The van der Waals surface area contributed by atoms with Crippen LogP contribution in [0.4, 0.5) is 5.13 Å². The number of aromatic nitrogens is 4. The lowest BCUT2D eigenvalue weighted by Gasteiger charge is -2.23. The molecule has 3 rings (SSSR count). The van der Waals surface area contributed by atoms with Crippen molar-refractivity contribution in [3.63, 3.8) is 0 Å². The summed E-state index contributed by atoms with van der Waals surface area (Å²) in [4.78, 5) is 22.6. The van der Waals surface area contributed by atoms with E-state index in [2.05, 4.69) is 37.3 Å². The van der Waals surface area contributed by atoms with Crippen LogP contribution in [-0.2, 0) is 11.2 Å². The molecule has 1 amide bonds. The normalized spacial score (nSPS) is 15.5. The van der Waals surface area contributed by atoms with Gasteiger partial charge in [0.05, 0.1) is 5.69 Å². The zero-order chi connectivity index (χ0) is 16.9. The summed E-state index contributed by atoms with van der Waals surface area (Å²) in [6, 6.07) is 0.289. The molecule has 1 aliphatic carbocycles. The smallest absolute Gasteiger partial charge is 0.227 e. The lowest BCUT2D eigenvalue weighted by atomic mass is 10.1. The van der Waals surface area contributed by atoms with Gasteiger partial charge < -0.3 is 10.2 Å². The van der Waals surface area contributed by atoms with E-state index in [-0.39, 0.29) is 11.9 Å². The van der Waals surface area contributed by atoms with Crippen molar-refractivity contribution in [3.8, 4) is 0 Å². The quantitative estimate of drug-likeness (QED) is 0.788. The molecule has 7 nitrogen and oxygen atoms in total. The van der Waals surface area contributed by atoms with Crippen molar-refractivity contribution in [1.82, 2.24) is 25.1 Å². The van der Waals surface area contributed by atoms with Gasteiger partial charge in [0, 0.05) is 49.9 Å². The molecule has 1 unspecified atom stereocenters. The highest BCUT2D eigenvalue weighted by Crippen LogP contribution is 2.42. The molecule has 1 fully saturated rings. The first kappa shape index (κ1) is 16.9. The molecule has 2 aromatic heterocycles. The Hall–Kier alpha value is -1.93. The average molecular weight is 346 g/mol. The number of nitrogens with zero attached hydrogens (tertiary/aromatic N) is 5. The molecule has 1 atom stereocenters. The maximum absolute atomic E-state index is 12.1. The predicted octanol–water partition coefficient (Wildman–Crippen LogP) is 2.10. The van der Waals surface area contributed by atoms with Gasteiger partial charge in [-0.2, -0.15) is 0 Å². The second kappa shape index (κ2) is 7.76. The number of carbonyl (C=O) groups is 1. The SMILES string of the molecule is CC(Cc1cnccn1)N(C)CCC(=O)Nc1nnc(C2CC2)s1. The fraction of sp³-hybridized carbons (Fsp3) is 0.562. The van der Waals surface area contributed by atoms with E-state index in [1.54, 1.807) is 18.6 Å². The third-order valence-corrected chi connectivity index (χ3v) is 5.18. The van der Waals surface area contributed by atoms with E-state index in [0.29, 0.717) is 24.0 Å². The van der Waals surface area contributed by atoms with Crippen molar-refractivity contribution in [3.05, 3.63) is 29.3 Å². The number of hydrogen-bond acceptors (Lipinski definition) is 7. The Morgan fingerprint density at radius 2 is 2.25 bits per heavy atom. The molecule has 1 aliphatic rings. The topological polar surface area (TPSA) is 83.9 Å². The number of likely N-dealkylation sites (N-methyl/N-ethyl adjacent to an activating group) is 1. The van der Waals surface area contributed by atoms with Gasteiger partial charge in [-0.3, -0.25) is 14.8 Å². The largest absolute Gasteiger partial charge is 0.303 e. The number of anilines is 1. The lowest BCUT2D eigenvalue weighted by Crippen LogP contribution is -2.33. The first-order chi connectivity index (χ1) is 11.6. The van der Waals surface area contributed by atoms with Crippen LogP contribution in [0.15, 0.2) is 18.6 Å². The van der Waals surface area contributed by atoms with Gasteiger partial charge in [0.25, 0.3) is 0 Å². The van der Waals surface area contributed by atoms with Gasteiger partial charge in [0.2, 0.25) is 11.0 Å². The molecule has 0 radical (unpaired) electrons. The van der Waals surface area contributed by atoms with Crippen molar-refractivity contribution < 1.29 is 4.79 Å². The Balaban J connectivity index is 1.41. The highest BCUT2D eigenvalue weighted by Gasteiger charge is 2.27. The zero-order valence-corrected chi connectivity index (χ0v) is 14.8. The molecule has 1 saturated carbocycles. The molecular formula is C16H22N6OS. The van der Waals surface area contributed by atoms with Gasteiger partial charge in [0.15, 0.2) is 0 Å². The van der Waals surface area contributed by atoms with Crippen LogP contribution < -0.4 is 5.32 Å². The molecule has 0 aromatic carbocycles. The molecule has 0 aliphatic heterocycles. The van der Waals surface area contributed by atoms with E-state index < -0.39 is 0 Å². The molecule has 2 heterocycles. The van der Waals surface area contributed by atoms with Crippen molar-refractivity contribution in [2.45, 2.75) is 44.6 Å². The van der Waals surface area contributed by atoms with Crippen LogP contribution in [0, 0.1) is 0 Å². The van der Waals surface area contributed by atoms with E-state index in [0.717, 1.165) is 17.1 Å². The Kier molecular flexibility index (Phi) is 5.47. The molecule has 1 N–H and O–H groups in total. The Morgan fingerprint density at radius 3 is 2.96 bits per heavy atom. The van der Waals surface area contributed by atoms with Gasteiger partial charge in [-0.25, -0.2) is 0 Å². The third kappa shape index (κ3) is 4.78. The number of hydrogen-bond donors (Lipinski definition) is 1. The predicted molar refractivity (Wildman–Crippen MR) is 93.0 cm³/mol. The summed E-state index contributed by atoms with van der Waals surface area (Å²) in [5, 5.41) is 12.7. The maximum atomic E-state index is 12.1. The van der Waals surface area contributed by atoms with Crippen LogP contribution in [0.5, 0.6) is 0 Å². The fourth-order valence-electron chi connectivity index (χ4n) is 2.35. The summed E-state index contributed by atoms with van der Waals surface area (Å²) in [5.74, 6) is 0.549. The van der Waals surface area contributed by atoms with Crippen molar-refractivity contribution in [2.24, 2.45) is 0 Å². The van der Waals surface area contributed by atoms with Crippen LogP contribution in [0.25, 0.3) is 0 Å². The first-order valence-corrected chi connectivity index (χ1v) is 9.02. The minimum absolute atomic E-state index is 0.0213. The van der Waals surface area contributed by atoms with Crippen molar-refractivity contribution in [2.75, 3.05) is 18.9 Å². The average Bonchev–Trinajstić information content (AvgIpc) is 3.33. The number of nitrogens with one attached hydrogen (secondary N) is 1. The van der Waals surface area contributed by atoms with Crippen LogP contribution in [0.2, 0.25) is 0 Å². The van der Waals surface area contributed by atoms with Gasteiger partial charge >= 0.3 is 0 Å². The van der Waals surface area contributed by atoms with Crippen LogP contribution in [0.1, 0.15) is 42.8 Å². The van der Waals surface area contributed by atoms with Gasteiger partial charge in [-0.15, -0.1) is 10.2 Å². The highest BCUT2D eigenvalue weighted by molar-refractivity contribution is 7.15. The Bertz CT molecular complexity index is 672. The monoisotopic (exact) mass is 346 g/mol. The summed E-state index contributed by atoms with van der Waals surface area (Å²) >= 11 is 1.49. The van der Waals surface area contributed by atoms with Gasteiger partial charge in [-0.05, 0) is 26.8 Å². The number of amides is 1. The molecule has 0 bridgehead atoms. The van der Waals surface area contributed by atoms with Gasteiger partial charge in [-0.1, -0.05) is 11.3 Å². The fourth-order valence-corrected chi connectivity index (χ4v) is 3.28. The molecule has 24 heavy (non-hydrogen) atoms. The van der Waals surface area contributed by atoms with Crippen LogP contribution in [0.3, 0.4) is 0 Å². The summed E-state index contributed by atoms with van der Waals surface area (Å²) in [7, 11) is 2.02. The minimum Gasteiger partial charge on any atom is -0.303 e. The molecule has 128 valence electrons. The van der Waals surface area contributed by atoms with Crippen LogP contribution in [-0.4, -0.2) is 50.6 Å². The Labute approximate surface area is 145 Å². The standard InChI is InChI=1S/C16H22N6OS/c1-11(9-13-10-17-6-7-18-13)22(2)8-5-14(23)19-16-21-20-15(24-16)12-3-4-12/h6-7,10-12H,3-5,8-9H2,1-2H3,(H,19,21,23). The molecule has 8 heteroatoms. The minimum atomic E-state index is -0.0213. The summed E-state index contributed by atoms with van der Waals surface area (Å²) in [6.07, 6.45) is 8.78. The third-order valence-electron chi connectivity index (χ3n) is 4.18. The highest BCUT2D eigenvalue weighted by atomic mass is 32.1. The summed E-state index contributed by atoms with van der Waals surface area (Å²) < 4.78 is 0. The van der Waals surface area contributed by atoms with E-state index in [4.69, 9.17) is 0 Å². The Morgan fingerprint density at radius 1 is 1.42 bits per heavy atom. The first-order valence-electron chi connectivity index (χ1n) is 8.20. The lowest BCUT2D eigenvalue weighted by molar-refractivity contribution is -0.116. The van der Waals surface area contributed by atoms with Gasteiger partial charge in [0.1, 0.15) is 5.01 Å². The summed E-state index contributed by atoms with van der Waals surface area (Å²) in [5.41, 5.74) is 0.961. The second-order valence-electron chi connectivity index (χ2n) is 6.25. The second-order valence-corrected chi connectivity index (χ2v) is 7.26. The van der Waals surface area contributed by atoms with Crippen molar-refractivity contribution >= 4 is 22.4 Å². The number of carbonyl (C=O) groups excluding carboxylic acids is 1. The zero-order valence-electron chi connectivity index (χ0n) is 14.0. The van der Waals surface area contributed by atoms with Crippen molar-refractivity contribution in [1.29, 1.82) is 0 Å².